The molecule has 10 heteroatoms. The Hall–Kier alpha value is -2.04. The molecule has 28 heavy (non-hydrogen) atoms. The van der Waals surface area contributed by atoms with Gasteiger partial charge in [-0.2, -0.15) is 0 Å². The summed E-state index contributed by atoms with van der Waals surface area (Å²) in [5.41, 5.74) is 1.80. The van der Waals surface area contributed by atoms with Crippen molar-refractivity contribution < 1.29 is 13.2 Å². The minimum Gasteiger partial charge on any atom is -0.496 e. The van der Waals surface area contributed by atoms with E-state index in [2.05, 4.69) is 30.8 Å². The van der Waals surface area contributed by atoms with Crippen LogP contribution in [0.1, 0.15) is 11.1 Å². The fourth-order valence-electron chi connectivity index (χ4n) is 2.61. The number of aryl methyl sites for hydroxylation is 3. The van der Waals surface area contributed by atoms with E-state index in [1.807, 2.05) is 26.1 Å². The first-order chi connectivity index (χ1) is 13.2. The summed E-state index contributed by atoms with van der Waals surface area (Å²) < 4.78 is 36.7. The van der Waals surface area contributed by atoms with Crippen LogP contribution in [0.4, 0.5) is 5.69 Å². The highest BCUT2D eigenvalue weighted by molar-refractivity contribution is 9.10. The molecule has 0 radical (unpaired) electrons. The predicted octanol–water partition coefficient (Wildman–Crippen LogP) is 4.16. The van der Waals surface area contributed by atoms with Gasteiger partial charge in [0.2, 0.25) is 0 Å². The van der Waals surface area contributed by atoms with E-state index in [9.17, 15) is 8.42 Å². The number of hydrogen-bond acceptors (Lipinski definition) is 6. The molecule has 2 aromatic carbocycles. The van der Waals surface area contributed by atoms with Crippen molar-refractivity contribution in [3.8, 4) is 5.75 Å². The number of hydrogen-bond donors (Lipinski definition) is 1. The molecule has 0 unspecified atom stereocenters. The van der Waals surface area contributed by atoms with Crippen LogP contribution in [0.25, 0.3) is 0 Å². The molecule has 148 valence electrons. The van der Waals surface area contributed by atoms with Crippen molar-refractivity contribution in [2.24, 2.45) is 7.05 Å². The molecule has 7 nitrogen and oxygen atoms in total. The maximum absolute atomic E-state index is 13.1. The fourth-order valence-corrected chi connectivity index (χ4v) is 5.25. The summed E-state index contributed by atoms with van der Waals surface area (Å²) in [5, 5.41) is 8.56. The number of anilines is 1. The number of sulfonamides is 1. The van der Waals surface area contributed by atoms with Crippen molar-refractivity contribution >= 4 is 43.4 Å². The molecule has 1 heterocycles. The lowest BCUT2D eigenvalue weighted by molar-refractivity contribution is 0.411. The normalized spacial score (nSPS) is 11.5. The van der Waals surface area contributed by atoms with Crippen molar-refractivity contribution in [1.29, 1.82) is 0 Å². The first-order valence-electron chi connectivity index (χ1n) is 8.20. The van der Waals surface area contributed by atoms with Gasteiger partial charge < -0.3 is 9.30 Å². The summed E-state index contributed by atoms with van der Waals surface area (Å²) in [4.78, 5) is 0.922. The van der Waals surface area contributed by atoms with Gasteiger partial charge in [-0.05, 0) is 67.1 Å². The van der Waals surface area contributed by atoms with Crippen LogP contribution >= 0.6 is 27.7 Å². The SMILES string of the molecule is COc1cc(C)c(S(=O)(=O)Nc2cc(Br)ccc2Sc2nncn2C)cc1C. The molecule has 0 saturated heterocycles. The molecule has 1 aromatic heterocycles. The lowest BCUT2D eigenvalue weighted by Gasteiger charge is -2.15. The molecule has 0 spiro atoms. The van der Waals surface area contributed by atoms with E-state index < -0.39 is 10.0 Å². The lowest BCUT2D eigenvalue weighted by atomic mass is 10.1. The number of nitrogens with one attached hydrogen (secondary N) is 1. The van der Waals surface area contributed by atoms with Crippen molar-refractivity contribution in [2.45, 2.75) is 28.8 Å². The van der Waals surface area contributed by atoms with Gasteiger partial charge in [-0.25, -0.2) is 8.42 Å². The highest BCUT2D eigenvalue weighted by atomic mass is 79.9. The van der Waals surface area contributed by atoms with Crippen molar-refractivity contribution in [2.75, 3.05) is 11.8 Å². The van der Waals surface area contributed by atoms with Crippen molar-refractivity contribution in [1.82, 2.24) is 14.8 Å². The van der Waals surface area contributed by atoms with Gasteiger partial charge in [0.05, 0.1) is 17.7 Å². The van der Waals surface area contributed by atoms with E-state index in [4.69, 9.17) is 4.74 Å². The van der Waals surface area contributed by atoms with Crippen LogP contribution in [-0.2, 0) is 17.1 Å². The summed E-state index contributed by atoms with van der Waals surface area (Å²) in [6.07, 6.45) is 1.59. The van der Waals surface area contributed by atoms with Crippen LogP contribution in [0, 0.1) is 13.8 Å². The standard InChI is InChI=1S/C18H19BrN4O3S2/c1-11-8-17(12(2)7-15(11)26-4)28(24,25)22-14-9-13(19)5-6-16(14)27-18-21-20-10-23(18)3/h5-10,22H,1-4H3. The Morgan fingerprint density at radius 1 is 1.18 bits per heavy atom. The largest absolute Gasteiger partial charge is 0.496 e. The maximum atomic E-state index is 13.1. The highest BCUT2D eigenvalue weighted by Gasteiger charge is 2.21. The maximum Gasteiger partial charge on any atom is 0.262 e. The Morgan fingerprint density at radius 3 is 2.57 bits per heavy atom. The quantitative estimate of drug-likeness (QED) is 0.567. The number of methoxy groups -OCH3 is 1. The molecule has 0 aliphatic rings. The van der Waals surface area contributed by atoms with Crippen molar-refractivity contribution in [3.63, 3.8) is 0 Å². The Kier molecular flexibility index (Phi) is 6.01. The van der Waals surface area contributed by atoms with E-state index in [-0.39, 0.29) is 4.90 Å². The van der Waals surface area contributed by atoms with E-state index >= 15 is 0 Å². The van der Waals surface area contributed by atoms with E-state index in [0.717, 1.165) is 10.0 Å². The Balaban J connectivity index is 2.00. The molecular formula is C18H19BrN4O3S2. The molecular weight excluding hydrogens is 464 g/mol. The first kappa shape index (κ1) is 20.7. The van der Waals surface area contributed by atoms with Gasteiger partial charge in [-0.15, -0.1) is 10.2 Å². The summed E-state index contributed by atoms with van der Waals surface area (Å²) in [7, 11) is -0.413. The minimum absolute atomic E-state index is 0.209. The van der Waals surface area contributed by atoms with Gasteiger partial charge in [0.1, 0.15) is 12.1 Å². The van der Waals surface area contributed by atoms with E-state index in [1.54, 1.807) is 43.1 Å². The van der Waals surface area contributed by atoms with E-state index in [1.165, 1.54) is 11.8 Å². The first-order valence-corrected chi connectivity index (χ1v) is 11.3. The molecule has 0 bridgehead atoms. The summed E-state index contributed by atoms with van der Waals surface area (Å²) in [6.45, 7) is 3.55. The van der Waals surface area contributed by atoms with E-state index in [0.29, 0.717) is 27.1 Å². The van der Waals surface area contributed by atoms with Gasteiger partial charge in [0, 0.05) is 16.4 Å². The molecule has 0 aliphatic carbocycles. The molecule has 0 saturated carbocycles. The highest BCUT2D eigenvalue weighted by Crippen LogP contribution is 2.36. The van der Waals surface area contributed by atoms with Gasteiger partial charge in [0.15, 0.2) is 5.16 Å². The number of nitrogens with zero attached hydrogens (tertiary/aromatic N) is 3. The Morgan fingerprint density at radius 2 is 1.93 bits per heavy atom. The Labute approximate surface area is 176 Å². The Bertz CT molecular complexity index is 1130. The second kappa shape index (κ2) is 8.14. The molecule has 3 aromatic rings. The molecule has 0 amide bonds. The van der Waals surface area contributed by atoms with Gasteiger partial charge >= 0.3 is 0 Å². The minimum atomic E-state index is -3.80. The summed E-state index contributed by atoms with van der Waals surface area (Å²) in [6, 6.07) is 8.73. The second-order valence-corrected chi connectivity index (χ2v) is 9.74. The lowest BCUT2D eigenvalue weighted by Crippen LogP contribution is -2.15. The smallest absolute Gasteiger partial charge is 0.262 e. The number of ether oxygens (including phenoxy) is 1. The van der Waals surface area contributed by atoms with Crippen molar-refractivity contribution in [3.05, 3.63) is 52.3 Å². The molecule has 0 fully saturated rings. The van der Waals surface area contributed by atoms with Gasteiger partial charge in [0.25, 0.3) is 10.0 Å². The number of rotatable bonds is 6. The third-order valence-electron chi connectivity index (χ3n) is 4.04. The van der Waals surface area contributed by atoms with Gasteiger partial charge in [-0.3, -0.25) is 4.72 Å². The number of aromatic nitrogens is 3. The second-order valence-electron chi connectivity index (χ2n) is 6.16. The van der Waals surface area contributed by atoms with Crippen LogP contribution in [0.2, 0.25) is 0 Å². The van der Waals surface area contributed by atoms with Crippen LogP contribution in [0.3, 0.4) is 0 Å². The number of benzene rings is 2. The van der Waals surface area contributed by atoms with Gasteiger partial charge in [-0.1, -0.05) is 15.9 Å². The zero-order valence-electron chi connectivity index (χ0n) is 15.7. The third kappa shape index (κ3) is 4.34. The van der Waals surface area contributed by atoms with Crippen LogP contribution in [0.5, 0.6) is 5.75 Å². The topological polar surface area (TPSA) is 86.1 Å². The zero-order chi connectivity index (χ0) is 20.5. The zero-order valence-corrected chi connectivity index (χ0v) is 18.9. The fraction of sp³-hybridized carbons (Fsp3) is 0.222. The third-order valence-corrected chi connectivity index (χ3v) is 7.17. The van der Waals surface area contributed by atoms with Crippen LogP contribution in [-0.4, -0.2) is 30.3 Å². The molecule has 1 N–H and O–H groups in total. The summed E-state index contributed by atoms with van der Waals surface area (Å²) in [5.74, 6) is 0.650. The average Bonchev–Trinajstić information content (AvgIpc) is 3.03. The predicted molar refractivity (Wildman–Crippen MR) is 113 cm³/mol. The molecule has 0 aliphatic heterocycles. The molecule has 3 rings (SSSR count). The number of halogens is 1. The van der Waals surface area contributed by atoms with Crippen LogP contribution in [0.15, 0.2) is 56.1 Å². The average molecular weight is 483 g/mol. The summed E-state index contributed by atoms with van der Waals surface area (Å²) >= 11 is 4.73. The monoisotopic (exact) mass is 482 g/mol. The van der Waals surface area contributed by atoms with Crippen LogP contribution < -0.4 is 9.46 Å². The molecule has 0 atom stereocenters.